The third-order valence-corrected chi connectivity index (χ3v) is 7.38. The van der Waals surface area contributed by atoms with Crippen molar-refractivity contribution in [2.75, 3.05) is 51.3 Å². The van der Waals surface area contributed by atoms with Gasteiger partial charge in [-0.3, -0.25) is 9.69 Å². The molecule has 8 heteroatoms. The fourth-order valence-corrected chi connectivity index (χ4v) is 5.27. The van der Waals surface area contributed by atoms with Crippen molar-refractivity contribution in [1.82, 2.24) is 19.2 Å². The molecule has 2 heterocycles. The Bertz CT molecular complexity index is 1160. The van der Waals surface area contributed by atoms with Crippen LogP contribution in [-0.2, 0) is 11.2 Å². The smallest absolute Gasteiger partial charge is 0.224 e. The number of nitrogens with zero attached hydrogens (tertiary/aromatic N) is 5. The number of amides is 1. The summed E-state index contributed by atoms with van der Waals surface area (Å²) >= 11 is 1.40. The zero-order valence-electron chi connectivity index (χ0n) is 22.0. The second-order valence-electron chi connectivity index (χ2n) is 9.55. The maximum atomic E-state index is 13.0. The summed E-state index contributed by atoms with van der Waals surface area (Å²) in [6.45, 7) is 9.19. The molecule has 1 aliphatic heterocycles. The van der Waals surface area contributed by atoms with Crippen LogP contribution < -0.4 is 9.64 Å². The van der Waals surface area contributed by atoms with E-state index in [9.17, 15) is 4.79 Å². The van der Waals surface area contributed by atoms with Gasteiger partial charge in [0.05, 0.1) is 7.11 Å². The Morgan fingerprint density at radius 2 is 1.89 bits per heavy atom. The number of ether oxygens (including phenoxy) is 1. The number of benzene rings is 2. The first kappa shape index (κ1) is 26.8. The van der Waals surface area contributed by atoms with Crippen molar-refractivity contribution in [3.8, 4) is 5.75 Å². The number of anilines is 1. The van der Waals surface area contributed by atoms with Crippen LogP contribution in [0.15, 0.2) is 60.7 Å². The lowest BCUT2D eigenvalue weighted by Crippen LogP contribution is -2.49. The van der Waals surface area contributed by atoms with Gasteiger partial charge in [0, 0.05) is 69.7 Å². The Morgan fingerprint density at radius 3 is 2.62 bits per heavy atom. The van der Waals surface area contributed by atoms with Gasteiger partial charge in [0.1, 0.15) is 11.6 Å². The van der Waals surface area contributed by atoms with Crippen molar-refractivity contribution in [2.24, 2.45) is 0 Å². The van der Waals surface area contributed by atoms with Gasteiger partial charge in [-0.25, -0.2) is 4.98 Å². The van der Waals surface area contributed by atoms with Crippen LogP contribution >= 0.6 is 11.5 Å². The molecule has 0 atom stereocenters. The number of carbonyl (C=O) groups is 1. The van der Waals surface area contributed by atoms with Crippen LogP contribution in [0.25, 0.3) is 6.08 Å². The molecule has 37 heavy (non-hydrogen) atoms. The van der Waals surface area contributed by atoms with Crippen LogP contribution in [0.3, 0.4) is 0 Å². The van der Waals surface area contributed by atoms with Crippen LogP contribution in [0, 0.1) is 0 Å². The van der Waals surface area contributed by atoms with E-state index in [0.29, 0.717) is 19.4 Å². The molecule has 196 valence electrons. The van der Waals surface area contributed by atoms with Crippen molar-refractivity contribution >= 4 is 28.6 Å². The average molecular weight is 520 g/mol. The summed E-state index contributed by atoms with van der Waals surface area (Å²) in [5.41, 5.74) is 2.33. The minimum atomic E-state index is 0.214. The molecule has 1 saturated heterocycles. The summed E-state index contributed by atoms with van der Waals surface area (Å²) in [5, 5.41) is 0.871. The van der Waals surface area contributed by atoms with Crippen LogP contribution in [-0.4, -0.2) is 77.5 Å². The second-order valence-corrected chi connectivity index (χ2v) is 10.3. The highest BCUT2D eigenvalue weighted by Crippen LogP contribution is 2.23. The van der Waals surface area contributed by atoms with Crippen molar-refractivity contribution in [3.05, 3.63) is 77.6 Å². The molecule has 0 N–H and O–H groups in total. The van der Waals surface area contributed by atoms with Crippen molar-refractivity contribution in [1.29, 1.82) is 0 Å². The Morgan fingerprint density at radius 1 is 1.11 bits per heavy atom. The molecule has 0 radical (unpaired) electrons. The molecule has 1 fully saturated rings. The number of piperazine rings is 1. The van der Waals surface area contributed by atoms with E-state index in [-0.39, 0.29) is 11.9 Å². The molecule has 0 saturated carbocycles. The monoisotopic (exact) mass is 519 g/mol. The molecule has 4 rings (SSSR count). The predicted octanol–water partition coefficient (Wildman–Crippen LogP) is 4.60. The molecule has 2 aromatic carbocycles. The fraction of sp³-hybridized carbons (Fsp3) is 0.414. The summed E-state index contributed by atoms with van der Waals surface area (Å²) in [6.07, 6.45) is 5.51. The maximum absolute atomic E-state index is 13.0. The van der Waals surface area contributed by atoms with Gasteiger partial charge in [0.25, 0.3) is 0 Å². The van der Waals surface area contributed by atoms with Crippen molar-refractivity contribution in [2.45, 2.75) is 32.7 Å². The summed E-state index contributed by atoms with van der Waals surface area (Å²) in [4.78, 5) is 24.4. The third kappa shape index (κ3) is 7.87. The lowest BCUT2D eigenvalue weighted by Gasteiger charge is -2.35. The Hall–Kier alpha value is -3.23. The van der Waals surface area contributed by atoms with E-state index in [1.54, 1.807) is 7.11 Å². The normalized spacial score (nSPS) is 14.4. The van der Waals surface area contributed by atoms with Crippen LogP contribution in [0.5, 0.6) is 5.75 Å². The highest BCUT2D eigenvalue weighted by atomic mass is 32.1. The molecule has 1 amide bonds. The van der Waals surface area contributed by atoms with Crippen molar-refractivity contribution in [3.63, 3.8) is 0 Å². The van der Waals surface area contributed by atoms with Gasteiger partial charge in [-0.1, -0.05) is 54.6 Å². The summed E-state index contributed by atoms with van der Waals surface area (Å²) in [7, 11) is 1.67. The zero-order valence-corrected chi connectivity index (χ0v) is 22.9. The molecule has 3 aromatic rings. The molecule has 0 aliphatic carbocycles. The average Bonchev–Trinajstić information content (AvgIpc) is 3.37. The SMILES string of the molecule is COc1cccc(Cc2nsc(N(CCC(=O)N3CCN(CC=Cc4ccccc4)CC3)C(C)C)n2)c1. The standard InChI is InChI=1S/C29H37N5O2S/c1-23(2)34(29-30-27(31-37-29)22-25-11-7-13-26(21-25)36-3)16-14-28(35)33-19-17-32(18-20-33)15-8-12-24-9-5-4-6-10-24/h4-13,21,23H,14-20,22H2,1-3H3. The van der Waals surface area contributed by atoms with E-state index in [1.807, 2.05) is 29.2 Å². The highest BCUT2D eigenvalue weighted by molar-refractivity contribution is 7.09. The van der Waals surface area contributed by atoms with E-state index in [2.05, 4.69) is 70.5 Å². The number of carbonyl (C=O) groups excluding carboxylic acids is 1. The van der Waals surface area contributed by atoms with E-state index < -0.39 is 0 Å². The molecule has 0 unspecified atom stereocenters. The number of hydrogen-bond acceptors (Lipinski definition) is 7. The highest BCUT2D eigenvalue weighted by Gasteiger charge is 2.23. The van der Waals surface area contributed by atoms with Gasteiger partial charge in [0.15, 0.2) is 0 Å². The van der Waals surface area contributed by atoms with E-state index in [4.69, 9.17) is 9.72 Å². The first-order chi connectivity index (χ1) is 18.0. The minimum Gasteiger partial charge on any atom is -0.497 e. The topological polar surface area (TPSA) is 61.8 Å². The Kier molecular flexibility index (Phi) is 9.68. The zero-order chi connectivity index (χ0) is 26.0. The van der Waals surface area contributed by atoms with E-state index in [0.717, 1.165) is 55.0 Å². The largest absolute Gasteiger partial charge is 0.497 e. The number of hydrogen-bond donors (Lipinski definition) is 0. The van der Waals surface area contributed by atoms with Crippen molar-refractivity contribution < 1.29 is 9.53 Å². The molecule has 0 bridgehead atoms. The van der Waals surface area contributed by atoms with Gasteiger partial charge in [-0.2, -0.15) is 4.37 Å². The maximum Gasteiger partial charge on any atom is 0.224 e. The first-order valence-corrected chi connectivity index (χ1v) is 13.7. The Balaban J connectivity index is 1.24. The predicted molar refractivity (Wildman–Crippen MR) is 151 cm³/mol. The first-order valence-electron chi connectivity index (χ1n) is 13.0. The summed E-state index contributed by atoms with van der Waals surface area (Å²) in [6, 6.07) is 18.6. The summed E-state index contributed by atoms with van der Waals surface area (Å²) in [5.74, 6) is 1.84. The van der Waals surface area contributed by atoms with Gasteiger partial charge < -0.3 is 14.5 Å². The number of methoxy groups -OCH3 is 1. The van der Waals surface area contributed by atoms with Crippen LogP contribution in [0.4, 0.5) is 5.13 Å². The number of rotatable bonds is 11. The molecular formula is C29H37N5O2S. The molecule has 7 nitrogen and oxygen atoms in total. The lowest BCUT2D eigenvalue weighted by molar-refractivity contribution is -0.132. The molecular weight excluding hydrogens is 482 g/mol. The molecule has 1 aliphatic rings. The van der Waals surface area contributed by atoms with E-state index >= 15 is 0 Å². The third-order valence-electron chi connectivity index (χ3n) is 6.59. The quantitative estimate of drug-likeness (QED) is 0.369. The number of aromatic nitrogens is 2. The van der Waals surface area contributed by atoms with Gasteiger partial charge in [0.2, 0.25) is 11.0 Å². The van der Waals surface area contributed by atoms with Crippen LogP contribution in [0.2, 0.25) is 0 Å². The van der Waals surface area contributed by atoms with Gasteiger partial charge >= 0.3 is 0 Å². The fourth-order valence-electron chi connectivity index (χ4n) is 4.43. The second kappa shape index (κ2) is 13.4. The van der Waals surface area contributed by atoms with Crippen LogP contribution in [0.1, 0.15) is 37.2 Å². The summed E-state index contributed by atoms with van der Waals surface area (Å²) < 4.78 is 9.90. The lowest BCUT2D eigenvalue weighted by atomic mass is 10.1. The van der Waals surface area contributed by atoms with E-state index in [1.165, 1.54) is 17.1 Å². The Labute approximate surface area is 224 Å². The minimum absolute atomic E-state index is 0.214. The van der Waals surface area contributed by atoms with Gasteiger partial charge in [-0.05, 0) is 37.1 Å². The van der Waals surface area contributed by atoms with Gasteiger partial charge in [-0.15, -0.1) is 0 Å². The molecule has 1 aromatic heterocycles. The molecule has 0 spiro atoms.